The molecule has 1 N–H and O–H groups in total. The lowest BCUT2D eigenvalue weighted by atomic mass is 9.95. The van der Waals surface area contributed by atoms with Gasteiger partial charge in [0, 0.05) is 18.6 Å². The summed E-state index contributed by atoms with van der Waals surface area (Å²) in [5.74, 6) is 1.01. The molecule has 4 nitrogen and oxygen atoms in total. The highest BCUT2D eigenvalue weighted by Crippen LogP contribution is 2.11. The predicted molar refractivity (Wildman–Crippen MR) is 59.5 cm³/mol. The standard InChI is InChI=1S/C10H19NO3S/c1-2-15(13,14)5-3-4-10(12)6-9-7-11-8-9/h9,11H,2-8H2,1H3. The van der Waals surface area contributed by atoms with E-state index in [2.05, 4.69) is 5.32 Å². The first kappa shape index (κ1) is 12.6. The molecule has 1 heterocycles. The lowest BCUT2D eigenvalue weighted by molar-refractivity contribution is -0.120. The number of sulfone groups is 1. The summed E-state index contributed by atoms with van der Waals surface area (Å²) in [5.41, 5.74) is 0. The van der Waals surface area contributed by atoms with Gasteiger partial charge in [-0.25, -0.2) is 8.42 Å². The van der Waals surface area contributed by atoms with Gasteiger partial charge in [-0.05, 0) is 25.4 Å². The highest BCUT2D eigenvalue weighted by Gasteiger charge is 2.20. The minimum Gasteiger partial charge on any atom is -0.316 e. The molecule has 1 rings (SSSR count). The number of carbonyl (C=O) groups is 1. The Morgan fingerprint density at radius 3 is 2.53 bits per heavy atom. The summed E-state index contributed by atoms with van der Waals surface area (Å²) < 4.78 is 22.3. The van der Waals surface area contributed by atoms with E-state index in [1.807, 2.05) is 0 Å². The SMILES string of the molecule is CCS(=O)(=O)CCCC(=O)CC1CNC1. The Kier molecular flexibility index (Phi) is 4.73. The van der Waals surface area contributed by atoms with Crippen molar-refractivity contribution in [3.05, 3.63) is 0 Å². The number of hydrogen-bond acceptors (Lipinski definition) is 4. The molecular formula is C10H19NO3S. The molecule has 0 atom stereocenters. The van der Waals surface area contributed by atoms with Gasteiger partial charge in [0.05, 0.1) is 5.75 Å². The maximum absolute atomic E-state index is 11.4. The second kappa shape index (κ2) is 5.61. The average Bonchev–Trinajstić information content (AvgIpc) is 2.11. The van der Waals surface area contributed by atoms with E-state index < -0.39 is 9.84 Å². The quantitative estimate of drug-likeness (QED) is 0.690. The van der Waals surface area contributed by atoms with Gasteiger partial charge in [0.2, 0.25) is 0 Å². The topological polar surface area (TPSA) is 63.2 Å². The molecule has 1 aliphatic heterocycles. The second-order valence-corrected chi connectivity index (χ2v) is 6.58. The molecular weight excluding hydrogens is 214 g/mol. The van der Waals surface area contributed by atoms with Crippen LogP contribution in [0.3, 0.4) is 0 Å². The van der Waals surface area contributed by atoms with Crippen LogP contribution in [0.15, 0.2) is 0 Å². The van der Waals surface area contributed by atoms with Crippen molar-refractivity contribution in [3.63, 3.8) is 0 Å². The van der Waals surface area contributed by atoms with Crippen molar-refractivity contribution in [2.24, 2.45) is 5.92 Å². The van der Waals surface area contributed by atoms with E-state index in [1.165, 1.54) is 0 Å². The molecule has 15 heavy (non-hydrogen) atoms. The van der Waals surface area contributed by atoms with E-state index in [-0.39, 0.29) is 17.3 Å². The number of ketones is 1. The van der Waals surface area contributed by atoms with Gasteiger partial charge in [-0.2, -0.15) is 0 Å². The molecule has 1 saturated heterocycles. The summed E-state index contributed by atoms with van der Waals surface area (Å²) >= 11 is 0. The van der Waals surface area contributed by atoms with Crippen LogP contribution >= 0.6 is 0 Å². The van der Waals surface area contributed by atoms with Gasteiger partial charge < -0.3 is 5.32 Å². The molecule has 0 saturated carbocycles. The number of carbonyl (C=O) groups excluding carboxylic acids is 1. The summed E-state index contributed by atoms with van der Waals surface area (Å²) in [5, 5.41) is 3.11. The predicted octanol–water partition coefficient (Wildman–Crippen LogP) is 0.380. The third-order valence-corrected chi connectivity index (χ3v) is 4.52. The lowest BCUT2D eigenvalue weighted by Crippen LogP contribution is -2.42. The molecule has 0 bridgehead atoms. The van der Waals surface area contributed by atoms with E-state index in [1.54, 1.807) is 6.92 Å². The number of rotatable bonds is 7. The van der Waals surface area contributed by atoms with Crippen LogP contribution in [-0.4, -0.2) is 38.8 Å². The Balaban J connectivity index is 2.11. The van der Waals surface area contributed by atoms with Crippen LogP contribution in [0.1, 0.15) is 26.2 Å². The van der Waals surface area contributed by atoms with Crippen LogP contribution in [0.5, 0.6) is 0 Å². The first-order valence-electron chi connectivity index (χ1n) is 5.46. The summed E-state index contributed by atoms with van der Waals surface area (Å²) in [6.07, 6.45) is 1.50. The van der Waals surface area contributed by atoms with Crippen molar-refractivity contribution in [1.82, 2.24) is 5.32 Å². The summed E-state index contributed by atoms with van der Waals surface area (Å²) in [7, 11) is -2.90. The largest absolute Gasteiger partial charge is 0.316 e. The molecule has 0 aromatic carbocycles. The number of Topliss-reactive ketones (excluding diaryl/α,β-unsaturated/α-hetero) is 1. The molecule has 1 fully saturated rings. The third kappa shape index (κ3) is 4.75. The van der Waals surface area contributed by atoms with Crippen molar-refractivity contribution in [1.29, 1.82) is 0 Å². The van der Waals surface area contributed by atoms with Crippen LogP contribution in [0.4, 0.5) is 0 Å². The first-order chi connectivity index (χ1) is 7.03. The van der Waals surface area contributed by atoms with Crippen molar-refractivity contribution in [3.8, 4) is 0 Å². The van der Waals surface area contributed by atoms with Gasteiger partial charge in [-0.3, -0.25) is 4.79 Å². The van der Waals surface area contributed by atoms with Crippen molar-refractivity contribution >= 4 is 15.6 Å². The monoisotopic (exact) mass is 233 g/mol. The fraction of sp³-hybridized carbons (Fsp3) is 0.900. The second-order valence-electron chi connectivity index (χ2n) is 4.11. The van der Waals surface area contributed by atoms with E-state index in [0.29, 0.717) is 25.2 Å². The Morgan fingerprint density at radius 2 is 2.07 bits per heavy atom. The van der Waals surface area contributed by atoms with Crippen LogP contribution in [0.2, 0.25) is 0 Å². The number of hydrogen-bond donors (Lipinski definition) is 1. The molecule has 0 spiro atoms. The summed E-state index contributed by atoms with van der Waals surface area (Å²) in [6.45, 7) is 3.50. The fourth-order valence-electron chi connectivity index (χ4n) is 1.55. The van der Waals surface area contributed by atoms with Crippen LogP contribution < -0.4 is 5.32 Å². The van der Waals surface area contributed by atoms with E-state index in [9.17, 15) is 13.2 Å². The summed E-state index contributed by atoms with van der Waals surface area (Å²) in [6, 6.07) is 0. The highest BCUT2D eigenvalue weighted by molar-refractivity contribution is 7.91. The van der Waals surface area contributed by atoms with Gasteiger partial charge >= 0.3 is 0 Å². The van der Waals surface area contributed by atoms with Gasteiger partial charge in [0.15, 0.2) is 0 Å². The Bertz CT molecular complexity index is 307. The van der Waals surface area contributed by atoms with Gasteiger partial charge in [-0.15, -0.1) is 0 Å². The van der Waals surface area contributed by atoms with Crippen LogP contribution in [0.25, 0.3) is 0 Å². The fourth-order valence-corrected chi connectivity index (χ4v) is 2.42. The average molecular weight is 233 g/mol. The zero-order valence-corrected chi connectivity index (χ0v) is 9.98. The molecule has 0 amide bonds. The highest BCUT2D eigenvalue weighted by atomic mass is 32.2. The molecule has 0 radical (unpaired) electrons. The Hall–Kier alpha value is -0.420. The zero-order chi connectivity index (χ0) is 11.3. The maximum Gasteiger partial charge on any atom is 0.150 e. The Labute approximate surface area is 91.4 Å². The molecule has 0 aromatic heterocycles. The normalized spacial score (nSPS) is 17.4. The molecule has 88 valence electrons. The minimum absolute atomic E-state index is 0.151. The van der Waals surface area contributed by atoms with E-state index >= 15 is 0 Å². The number of nitrogens with one attached hydrogen (secondary N) is 1. The Morgan fingerprint density at radius 1 is 1.40 bits per heavy atom. The van der Waals surface area contributed by atoms with E-state index in [0.717, 1.165) is 13.1 Å². The molecule has 5 heteroatoms. The molecule has 0 aromatic rings. The zero-order valence-electron chi connectivity index (χ0n) is 9.16. The molecule has 0 unspecified atom stereocenters. The van der Waals surface area contributed by atoms with Gasteiger partial charge in [0.25, 0.3) is 0 Å². The first-order valence-corrected chi connectivity index (χ1v) is 7.28. The summed E-state index contributed by atoms with van der Waals surface area (Å²) in [4.78, 5) is 11.4. The molecule has 0 aliphatic carbocycles. The van der Waals surface area contributed by atoms with Crippen molar-refractivity contribution in [2.75, 3.05) is 24.6 Å². The minimum atomic E-state index is -2.90. The van der Waals surface area contributed by atoms with Crippen molar-refractivity contribution in [2.45, 2.75) is 26.2 Å². The lowest BCUT2D eigenvalue weighted by Gasteiger charge is -2.26. The van der Waals surface area contributed by atoms with Crippen LogP contribution in [-0.2, 0) is 14.6 Å². The third-order valence-electron chi connectivity index (χ3n) is 2.73. The van der Waals surface area contributed by atoms with Gasteiger partial charge in [0.1, 0.15) is 15.6 Å². The molecule has 1 aliphatic rings. The van der Waals surface area contributed by atoms with Crippen molar-refractivity contribution < 1.29 is 13.2 Å². The smallest absolute Gasteiger partial charge is 0.150 e. The maximum atomic E-state index is 11.4. The van der Waals surface area contributed by atoms with Gasteiger partial charge in [-0.1, -0.05) is 6.92 Å². The van der Waals surface area contributed by atoms with E-state index in [4.69, 9.17) is 0 Å². The van der Waals surface area contributed by atoms with Crippen LogP contribution in [0, 0.1) is 5.92 Å².